The van der Waals surface area contributed by atoms with Crippen molar-refractivity contribution in [2.24, 2.45) is 0 Å². The molecule has 0 heterocycles. The molecule has 2 rings (SSSR count). The lowest BCUT2D eigenvalue weighted by molar-refractivity contribution is 0.476. The lowest BCUT2D eigenvalue weighted by Crippen LogP contribution is -1.95. The van der Waals surface area contributed by atoms with E-state index < -0.39 is 0 Å². The Morgan fingerprint density at radius 1 is 0.842 bits per heavy atom. The highest BCUT2D eigenvalue weighted by atomic mass is 16.3. The first-order valence-electron chi connectivity index (χ1n) is 7.14. The molecule has 0 aliphatic rings. The Morgan fingerprint density at radius 3 is 2.21 bits per heavy atom. The summed E-state index contributed by atoms with van der Waals surface area (Å²) in [6.45, 7) is 6.46. The van der Waals surface area contributed by atoms with Gasteiger partial charge in [-0.05, 0) is 47.6 Å². The van der Waals surface area contributed by atoms with Gasteiger partial charge in [-0.1, -0.05) is 51.1 Å². The van der Waals surface area contributed by atoms with Crippen molar-refractivity contribution in [3.63, 3.8) is 0 Å². The molecule has 2 aromatic rings. The number of aryl methyl sites for hydroxylation is 3. The number of aromatic hydroxyl groups is 1. The van der Waals surface area contributed by atoms with Gasteiger partial charge in [0.05, 0.1) is 0 Å². The Kier molecular flexibility index (Phi) is 4.26. The second kappa shape index (κ2) is 5.92. The fourth-order valence-electron chi connectivity index (χ4n) is 2.58. The molecule has 0 unspecified atom stereocenters. The second-order valence-electron chi connectivity index (χ2n) is 4.86. The van der Waals surface area contributed by atoms with E-state index in [0.717, 1.165) is 24.8 Å². The van der Waals surface area contributed by atoms with Crippen LogP contribution in [-0.4, -0.2) is 5.11 Å². The molecule has 0 radical (unpaired) electrons. The Morgan fingerprint density at radius 2 is 1.58 bits per heavy atom. The predicted octanol–water partition coefficient (Wildman–Crippen LogP) is 4.75. The van der Waals surface area contributed by atoms with E-state index in [-0.39, 0.29) is 0 Å². The topological polar surface area (TPSA) is 20.2 Å². The van der Waals surface area contributed by atoms with Gasteiger partial charge in [-0.3, -0.25) is 0 Å². The van der Waals surface area contributed by atoms with Crippen LogP contribution >= 0.6 is 0 Å². The van der Waals surface area contributed by atoms with Gasteiger partial charge in [0.2, 0.25) is 0 Å². The predicted molar refractivity (Wildman–Crippen MR) is 81.7 cm³/mol. The Labute approximate surface area is 115 Å². The first kappa shape index (κ1) is 13.7. The highest BCUT2D eigenvalue weighted by Crippen LogP contribution is 2.36. The van der Waals surface area contributed by atoms with Crippen molar-refractivity contribution in [1.29, 1.82) is 0 Å². The molecule has 0 aliphatic heterocycles. The van der Waals surface area contributed by atoms with Crippen LogP contribution in [0.2, 0.25) is 0 Å². The van der Waals surface area contributed by atoms with E-state index in [0.29, 0.717) is 5.75 Å². The molecule has 0 amide bonds. The van der Waals surface area contributed by atoms with Crippen LogP contribution in [-0.2, 0) is 19.3 Å². The number of hydrogen-bond donors (Lipinski definition) is 1. The van der Waals surface area contributed by atoms with Gasteiger partial charge in [-0.15, -0.1) is 0 Å². The number of rotatable bonds is 4. The lowest BCUT2D eigenvalue weighted by atomic mass is 9.90. The first-order valence-corrected chi connectivity index (χ1v) is 7.14. The number of phenols is 1. The zero-order valence-electron chi connectivity index (χ0n) is 12.0. The summed E-state index contributed by atoms with van der Waals surface area (Å²) in [7, 11) is 0. The maximum Gasteiger partial charge on any atom is 0.123 e. The molecule has 0 saturated heterocycles. The van der Waals surface area contributed by atoms with Gasteiger partial charge in [0, 0.05) is 5.56 Å². The summed E-state index contributed by atoms with van der Waals surface area (Å²) in [5.41, 5.74) is 6.03. The molecule has 0 saturated carbocycles. The minimum atomic E-state index is 0.391. The molecule has 0 aromatic heterocycles. The number of hydrogen-bond acceptors (Lipinski definition) is 1. The normalized spacial score (nSPS) is 10.7. The van der Waals surface area contributed by atoms with E-state index in [1.807, 2.05) is 6.07 Å². The molecule has 1 N–H and O–H groups in total. The summed E-state index contributed by atoms with van der Waals surface area (Å²) in [5, 5.41) is 10.3. The van der Waals surface area contributed by atoms with E-state index in [4.69, 9.17) is 0 Å². The average molecular weight is 254 g/mol. The quantitative estimate of drug-likeness (QED) is 0.835. The first-order chi connectivity index (χ1) is 9.21. The highest BCUT2D eigenvalue weighted by Gasteiger charge is 2.12. The van der Waals surface area contributed by atoms with Gasteiger partial charge < -0.3 is 5.11 Å². The maximum absolute atomic E-state index is 10.3. The summed E-state index contributed by atoms with van der Waals surface area (Å²) in [6, 6.07) is 12.4. The molecule has 0 bridgehead atoms. The van der Waals surface area contributed by atoms with Crippen molar-refractivity contribution in [1.82, 2.24) is 0 Å². The van der Waals surface area contributed by atoms with Gasteiger partial charge >= 0.3 is 0 Å². The minimum absolute atomic E-state index is 0.391. The van der Waals surface area contributed by atoms with E-state index in [1.54, 1.807) is 6.07 Å². The van der Waals surface area contributed by atoms with Crippen LogP contribution in [0.3, 0.4) is 0 Å². The van der Waals surface area contributed by atoms with Crippen LogP contribution in [0.4, 0.5) is 0 Å². The summed E-state index contributed by atoms with van der Waals surface area (Å²) < 4.78 is 0. The molecule has 100 valence electrons. The molecule has 0 atom stereocenters. The van der Waals surface area contributed by atoms with Gasteiger partial charge in [-0.2, -0.15) is 0 Å². The fourth-order valence-corrected chi connectivity index (χ4v) is 2.58. The molecular weight excluding hydrogens is 232 g/mol. The Balaban J connectivity index is 2.69. The van der Waals surface area contributed by atoms with Crippen molar-refractivity contribution in [3.8, 4) is 16.9 Å². The monoisotopic (exact) mass is 254 g/mol. The van der Waals surface area contributed by atoms with Crippen LogP contribution in [0.5, 0.6) is 5.75 Å². The summed E-state index contributed by atoms with van der Waals surface area (Å²) in [4.78, 5) is 0. The smallest absolute Gasteiger partial charge is 0.123 e. The minimum Gasteiger partial charge on any atom is -0.507 e. The van der Waals surface area contributed by atoms with Gasteiger partial charge in [-0.25, -0.2) is 0 Å². The maximum atomic E-state index is 10.3. The molecule has 19 heavy (non-hydrogen) atoms. The van der Waals surface area contributed by atoms with Crippen LogP contribution in [0.1, 0.15) is 37.5 Å². The van der Waals surface area contributed by atoms with Crippen molar-refractivity contribution < 1.29 is 5.11 Å². The molecule has 0 fully saturated rings. The van der Waals surface area contributed by atoms with Gasteiger partial charge in [0.15, 0.2) is 0 Å². The zero-order chi connectivity index (χ0) is 13.8. The van der Waals surface area contributed by atoms with Crippen LogP contribution < -0.4 is 0 Å². The van der Waals surface area contributed by atoms with Crippen molar-refractivity contribution >= 4 is 0 Å². The van der Waals surface area contributed by atoms with Gasteiger partial charge in [0.25, 0.3) is 0 Å². The van der Waals surface area contributed by atoms with Crippen LogP contribution in [0, 0.1) is 0 Å². The van der Waals surface area contributed by atoms with Crippen molar-refractivity contribution in [2.45, 2.75) is 40.0 Å². The molecular formula is C18H22O. The number of benzene rings is 2. The summed E-state index contributed by atoms with van der Waals surface area (Å²) >= 11 is 0. The van der Waals surface area contributed by atoms with E-state index in [9.17, 15) is 5.11 Å². The van der Waals surface area contributed by atoms with E-state index >= 15 is 0 Å². The van der Waals surface area contributed by atoms with E-state index in [2.05, 4.69) is 45.0 Å². The molecule has 1 nitrogen and oxygen atoms in total. The Bertz CT molecular complexity index is 570. The van der Waals surface area contributed by atoms with Crippen LogP contribution in [0.25, 0.3) is 11.1 Å². The SMILES string of the molecule is CCc1ccc(CC)c(-c2c(O)cccc2CC)c1. The third-order valence-electron chi connectivity index (χ3n) is 3.74. The van der Waals surface area contributed by atoms with Crippen LogP contribution in [0.15, 0.2) is 36.4 Å². The fraction of sp³-hybridized carbons (Fsp3) is 0.333. The number of phenolic OH excluding ortho intramolecular Hbond substituents is 1. The van der Waals surface area contributed by atoms with Crippen molar-refractivity contribution in [3.05, 3.63) is 53.1 Å². The third kappa shape index (κ3) is 2.65. The standard InChI is InChI=1S/C18H22O/c1-4-13-10-11-14(5-2)16(12-13)18-15(6-3)8-7-9-17(18)19/h7-12,19H,4-6H2,1-3H3. The zero-order valence-corrected chi connectivity index (χ0v) is 12.0. The van der Waals surface area contributed by atoms with Gasteiger partial charge in [0.1, 0.15) is 5.75 Å². The summed E-state index contributed by atoms with van der Waals surface area (Å²) in [6.07, 6.45) is 2.94. The molecule has 2 aromatic carbocycles. The van der Waals surface area contributed by atoms with E-state index in [1.165, 1.54) is 22.3 Å². The molecule has 1 heteroatoms. The second-order valence-corrected chi connectivity index (χ2v) is 4.86. The molecule has 0 aliphatic carbocycles. The average Bonchev–Trinajstić information content (AvgIpc) is 2.46. The van der Waals surface area contributed by atoms with Crippen molar-refractivity contribution in [2.75, 3.05) is 0 Å². The lowest BCUT2D eigenvalue weighted by Gasteiger charge is -2.15. The third-order valence-corrected chi connectivity index (χ3v) is 3.74. The highest BCUT2D eigenvalue weighted by molar-refractivity contribution is 5.77. The Hall–Kier alpha value is -1.76. The summed E-state index contributed by atoms with van der Waals surface area (Å²) in [5.74, 6) is 0.391. The largest absolute Gasteiger partial charge is 0.507 e. The molecule has 0 spiro atoms.